The van der Waals surface area contributed by atoms with Crippen LogP contribution in [-0.2, 0) is 23.9 Å². The van der Waals surface area contributed by atoms with Gasteiger partial charge in [-0.1, -0.05) is 25.4 Å². The molecule has 0 atom stereocenters. The van der Waals surface area contributed by atoms with Crippen LogP contribution in [0, 0.1) is 0 Å². The van der Waals surface area contributed by atoms with Crippen molar-refractivity contribution in [2.45, 2.75) is 71.3 Å². The molecule has 3 N–H and O–H groups in total. The van der Waals surface area contributed by atoms with Gasteiger partial charge in [-0.15, -0.1) is 0 Å². The maximum absolute atomic E-state index is 12.2. The van der Waals surface area contributed by atoms with Crippen molar-refractivity contribution in [3.8, 4) is 0 Å². The quantitative estimate of drug-likeness (QED) is 0.105. The number of hydrogen-bond donors (Lipinski definition) is 3. The van der Waals surface area contributed by atoms with Crippen LogP contribution in [0.3, 0.4) is 0 Å². The number of unbranched alkanes of at least 4 members (excludes halogenated alkanes) is 2. The lowest BCUT2D eigenvalue weighted by Gasteiger charge is -2.19. The first kappa shape index (κ1) is 29.6. The van der Waals surface area contributed by atoms with Gasteiger partial charge in [0.1, 0.15) is 0 Å². The molecule has 11 nitrogen and oxygen atoms in total. The van der Waals surface area contributed by atoms with E-state index in [4.69, 9.17) is 15.0 Å². The molecule has 0 aromatic carbocycles. The zero-order valence-electron chi connectivity index (χ0n) is 19.6. The standard InChI is InChI=1S/C21H40N6O5/c1-3-11-23-19(28)9-14-31-16-18(17-32-15-10-20(29)24-12-4-2)26-21(30)8-6-5-7-13-25-27-22/h18H,3-17H2,1-2H3,(H,23,28)(H,24,29)(H,26,30). The van der Waals surface area contributed by atoms with E-state index in [-0.39, 0.29) is 63.0 Å². The van der Waals surface area contributed by atoms with E-state index < -0.39 is 0 Å². The molecule has 0 heterocycles. The van der Waals surface area contributed by atoms with Gasteiger partial charge in [0.25, 0.3) is 0 Å². The molecular weight excluding hydrogens is 416 g/mol. The van der Waals surface area contributed by atoms with Crippen LogP contribution in [0.15, 0.2) is 5.11 Å². The van der Waals surface area contributed by atoms with Crippen molar-refractivity contribution in [2.75, 3.05) is 46.1 Å². The highest BCUT2D eigenvalue weighted by Crippen LogP contribution is 2.01. The molecule has 0 spiro atoms. The van der Waals surface area contributed by atoms with Crippen molar-refractivity contribution in [2.24, 2.45) is 5.11 Å². The molecule has 184 valence electrons. The summed E-state index contributed by atoms with van der Waals surface area (Å²) in [5.41, 5.74) is 8.25. The van der Waals surface area contributed by atoms with E-state index >= 15 is 0 Å². The van der Waals surface area contributed by atoms with Crippen LogP contribution in [0.25, 0.3) is 10.4 Å². The molecule has 0 aromatic heterocycles. The van der Waals surface area contributed by atoms with Crippen molar-refractivity contribution in [3.63, 3.8) is 0 Å². The molecule has 0 aliphatic carbocycles. The summed E-state index contributed by atoms with van der Waals surface area (Å²) in [6.07, 6.45) is 4.84. The molecule has 0 aliphatic rings. The normalized spacial score (nSPS) is 10.5. The summed E-state index contributed by atoms with van der Waals surface area (Å²) in [6, 6.07) is -0.372. The van der Waals surface area contributed by atoms with E-state index in [0.717, 1.165) is 25.7 Å². The van der Waals surface area contributed by atoms with Gasteiger partial charge in [0, 0.05) is 43.8 Å². The SMILES string of the molecule is CCCNC(=O)CCOCC(COCCC(=O)NCCC)NC(=O)CCCCCN=[N+]=[N-]. The monoisotopic (exact) mass is 456 g/mol. The van der Waals surface area contributed by atoms with Gasteiger partial charge in [-0.25, -0.2) is 0 Å². The van der Waals surface area contributed by atoms with Crippen LogP contribution >= 0.6 is 0 Å². The fraction of sp³-hybridized carbons (Fsp3) is 0.857. The topological polar surface area (TPSA) is 155 Å². The third kappa shape index (κ3) is 19.6. The molecule has 0 aromatic rings. The van der Waals surface area contributed by atoms with Gasteiger partial charge < -0.3 is 25.4 Å². The molecule has 0 unspecified atom stereocenters. The number of azide groups is 1. The van der Waals surface area contributed by atoms with Gasteiger partial charge in [-0.2, -0.15) is 0 Å². The molecule has 0 radical (unpaired) electrons. The average molecular weight is 457 g/mol. The fourth-order valence-electron chi connectivity index (χ4n) is 2.61. The van der Waals surface area contributed by atoms with Gasteiger partial charge in [0.15, 0.2) is 0 Å². The summed E-state index contributed by atoms with van der Waals surface area (Å²) in [5, 5.41) is 11.9. The van der Waals surface area contributed by atoms with Crippen molar-refractivity contribution in [1.82, 2.24) is 16.0 Å². The number of nitrogens with one attached hydrogen (secondary N) is 3. The van der Waals surface area contributed by atoms with Crippen LogP contribution in [0.5, 0.6) is 0 Å². The minimum atomic E-state index is -0.372. The van der Waals surface area contributed by atoms with Crippen molar-refractivity contribution >= 4 is 17.7 Å². The number of nitrogens with zero attached hydrogens (tertiary/aromatic N) is 3. The summed E-state index contributed by atoms with van der Waals surface area (Å²) >= 11 is 0. The summed E-state index contributed by atoms with van der Waals surface area (Å²) in [7, 11) is 0. The van der Waals surface area contributed by atoms with Gasteiger partial charge in [0.05, 0.1) is 32.5 Å². The highest BCUT2D eigenvalue weighted by Gasteiger charge is 2.14. The smallest absolute Gasteiger partial charge is 0.222 e. The van der Waals surface area contributed by atoms with Gasteiger partial charge in [-0.05, 0) is 31.2 Å². The van der Waals surface area contributed by atoms with Gasteiger partial charge in [-0.3, -0.25) is 14.4 Å². The second-order valence-electron chi connectivity index (χ2n) is 7.38. The molecular formula is C21H40N6O5. The first-order valence-electron chi connectivity index (χ1n) is 11.5. The second-order valence-corrected chi connectivity index (χ2v) is 7.38. The fourth-order valence-corrected chi connectivity index (χ4v) is 2.61. The Labute approximate surface area is 191 Å². The van der Waals surface area contributed by atoms with Crippen LogP contribution in [-0.4, -0.2) is 69.8 Å². The van der Waals surface area contributed by atoms with Crippen molar-refractivity contribution in [3.05, 3.63) is 10.4 Å². The lowest BCUT2D eigenvalue weighted by atomic mass is 10.2. The second kappa shape index (κ2) is 21.9. The summed E-state index contributed by atoms with van der Waals surface area (Å²) in [5.74, 6) is -0.252. The largest absolute Gasteiger partial charge is 0.379 e. The zero-order valence-corrected chi connectivity index (χ0v) is 19.6. The number of carbonyl (C=O) groups excluding carboxylic acids is 3. The first-order valence-corrected chi connectivity index (χ1v) is 11.5. The third-order valence-corrected chi connectivity index (χ3v) is 4.32. The van der Waals surface area contributed by atoms with E-state index in [1.54, 1.807) is 0 Å². The Morgan fingerprint density at radius 2 is 1.41 bits per heavy atom. The average Bonchev–Trinajstić information content (AvgIpc) is 2.78. The molecule has 11 heteroatoms. The van der Waals surface area contributed by atoms with Crippen LogP contribution in [0.1, 0.15) is 65.2 Å². The Morgan fingerprint density at radius 1 is 0.844 bits per heavy atom. The van der Waals surface area contributed by atoms with Gasteiger partial charge >= 0.3 is 0 Å². The zero-order chi connectivity index (χ0) is 23.9. The van der Waals surface area contributed by atoms with Crippen molar-refractivity contribution in [1.29, 1.82) is 0 Å². The Kier molecular flexibility index (Phi) is 20.2. The minimum Gasteiger partial charge on any atom is -0.379 e. The Bertz CT molecular complexity index is 541. The Hall–Kier alpha value is -2.36. The third-order valence-electron chi connectivity index (χ3n) is 4.32. The van der Waals surface area contributed by atoms with Crippen LogP contribution in [0.4, 0.5) is 0 Å². The van der Waals surface area contributed by atoms with Gasteiger partial charge in [0.2, 0.25) is 17.7 Å². The Morgan fingerprint density at radius 3 is 1.91 bits per heavy atom. The molecule has 0 fully saturated rings. The predicted octanol–water partition coefficient (Wildman–Crippen LogP) is 2.21. The summed E-state index contributed by atoms with van der Waals surface area (Å²) in [4.78, 5) is 38.2. The molecule has 0 saturated heterocycles. The van der Waals surface area contributed by atoms with Crippen LogP contribution < -0.4 is 16.0 Å². The highest BCUT2D eigenvalue weighted by atomic mass is 16.5. The maximum Gasteiger partial charge on any atom is 0.222 e. The highest BCUT2D eigenvalue weighted by molar-refractivity contribution is 5.76. The molecule has 0 aliphatic heterocycles. The Balaban J connectivity index is 4.29. The molecule has 3 amide bonds. The lowest BCUT2D eigenvalue weighted by Crippen LogP contribution is -2.42. The maximum atomic E-state index is 12.2. The molecule has 0 bridgehead atoms. The van der Waals surface area contributed by atoms with E-state index in [9.17, 15) is 14.4 Å². The number of carbonyl (C=O) groups is 3. The molecule has 32 heavy (non-hydrogen) atoms. The summed E-state index contributed by atoms with van der Waals surface area (Å²) in [6.45, 7) is 6.61. The van der Waals surface area contributed by atoms with E-state index in [1.807, 2.05) is 13.8 Å². The number of ether oxygens (including phenoxy) is 2. The molecule has 0 rings (SSSR count). The van der Waals surface area contributed by atoms with E-state index in [1.165, 1.54) is 0 Å². The van der Waals surface area contributed by atoms with E-state index in [0.29, 0.717) is 32.5 Å². The number of hydrogen-bond acceptors (Lipinski definition) is 6. The van der Waals surface area contributed by atoms with E-state index in [2.05, 4.69) is 26.0 Å². The predicted molar refractivity (Wildman–Crippen MR) is 122 cm³/mol. The van der Waals surface area contributed by atoms with Crippen LogP contribution in [0.2, 0.25) is 0 Å². The number of amides is 3. The lowest BCUT2D eigenvalue weighted by molar-refractivity contribution is -0.125. The number of rotatable bonds is 21. The van der Waals surface area contributed by atoms with Crippen molar-refractivity contribution < 1.29 is 23.9 Å². The minimum absolute atomic E-state index is 0.0671. The summed E-state index contributed by atoms with van der Waals surface area (Å²) < 4.78 is 11.1. The molecule has 0 saturated carbocycles. The first-order chi connectivity index (χ1) is 15.5.